The summed E-state index contributed by atoms with van der Waals surface area (Å²) in [5.74, 6) is 0.415. The molecule has 0 radical (unpaired) electrons. The molecular weight excluding hydrogens is 262 g/mol. The number of nitrogen functional groups attached to an aromatic ring is 1. The first kappa shape index (κ1) is 14.1. The van der Waals surface area contributed by atoms with Crippen molar-refractivity contribution in [2.45, 2.75) is 26.7 Å². The predicted molar refractivity (Wildman–Crippen MR) is 78.1 cm³/mol. The Bertz CT molecular complexity index is 557. The normalized spacial score (nSPS) is 21.3. The first-order valence-electron chi connectivity index (χ1n) is 6.52. The van der Waals surface area contributed by atoms with Gasteiger partial charge in [0.15, 0.2) is 0 Å². The largest absolute Gasteiger partial charge is 0.399 e. The van der Waals surface area contributed by atoms with E-state index in [1.54, 1.807) is 18.2 Å². The van der Waals surface area contributed by atoms with Crippen molar-refractivity contribution in [3.63, 3.8) is 0 Å². The number of rotatable bonds is 3. The molecule has 5 nitrogen and oxygen atoms in total. The first-order valence-corrected chi connectivity index (χ1v) is 7.96. The molecule has 0 spiro atoms. The lowest BCUT2D eigenvalue weighted by molar-refractivity contribution is 0.282. The number of hydrogen-bond acceptors (Lipinski definition) is 3. The molecule has 1 aliphatic rings. The molecule has 1 unspecified atom stereocenters. The van der Waals surface area contributed by atoms with Gasteiger partial charge in [-0.05, 0) is 49.4 Å². The maximum absolute atomic E-state index is 12.3. The summed E-state index contributed by atoms with van der Waals surface area (Å²) >= 11 is 0. The minimum absolute atomic E-state index is 0.415. The van der Waals surface area contributed by atoms with E-state index in [9.17, 15) is 8.42 Å². The molecule has 1 fully saturated rings. The molecule has 0 aromatic heterocycles. The molecule has 0 saturated carbocycles. The molecular formula is C13H21N3O2S. The molecule has 6 heteroatoms. The number of benzene rings is 1. The minimum Gasteiger partial charge on any atom is -0.399 e. The van der Waals surface area contributed by atoms with Gasteiger partial charge in [-0.15, -0.1) is 0 Å². The fraction of sp³-hybridized carbons (Fsp3) is 0.538. The summed E-state index contributed by atoms with van der Waals surface area (Å²) < 4.78 is 28.8. The average molecular weight is 283 g/mol. The van der Waals surface area contributed by atoms with Crippen molar-refractivity contribution in [2.24, 2.45) is 5.92 Å². The van der Waals surface area contributed by atoms with Crippen LogP contribution in [0.25, 0.3) is 0 Å². The van der Waals surface area contributed by atoms with Gasteiger partial charge in [0, 0.05) is 18.8 Å². The summed E-state index contributed by atoms with van der Waals surface area (Å²) in [4.78, 5) is 0. The Labute approximate surface area is 115 Å². The van der Waals surface area contributed by atoms with Gasteiger partial charge in [0.1, 0.15) is 0 Å². The number of nitrogens with two attached hydrogens (primary N) is 1. The second-order valence-electron chi connectivity index (χ2n) is 5.29. The summed E-state index contributed by atoms with van der Waals surface area (Å²) in [5, 5.41) is 0. The van der Waals surface area contributed by atoms with Crippen LogP contribution in [0, 0.1) is 12.8 Å². The van der Waals surface area contributed by atoms with Gasteiger partial charge < -0.3 is 5.73 Å². The summed E-state index contributed by atoms with van der Waals surface area (Å²) in [6, 6.07) is 5.16. The number of nitrogens with zero attached hydrogens (tertiary/aromatic N) is 1. The highest BCUT2D eigenvalue weighted by Gasteiger charge is 2.27. The molecule has 1 aromatic carbocycles. The number of aryl methyl sites for hydroxylation is 1. The van der Waals surface area contributed by atoms with E-state index in [0.717, 1.165) is 18.4 Å². The topological polar surface area (TPSA) is 75.4 Å². The van der Waals surface area contributed by atoms with Crippen molar-refractivity contribution in [1.82, 2.24) is 4.31 Å². The van der Waals surface area contributed by atoms with Gasteiger partial charge in [0.2, 0.25) is 0 Å². The van der Waals surface area contributed by atoms with Gasteiger partial charge in [0.25, 0.3) is 0 Å². The molecule has 1 atom stereocenters. The number of nitrogens with one attached hydrogen (secondary N) is 1. The fourth-order valence-corrected chi connectivity index (χ4v) is 3.83. The van der Waals surface area contributed by atoms with Gasteiger partial charge in [0.05, 0.1) is 5.69 Å². The van der Waals surface area contributed by atoms with E-state index < -0.39 is 10.2 Å². The Morgan fingerprint density at radius 3 is 2.79 bits per heavy atom. The number of hydrogen-bond donors (Lipinski definition) is 2. The Hall–Kier alpha value is -1.27. The lowest BCUT2D eigenvalue weighted by Gasteiger charge is -2.30. The lowest BCUT2D eigenvalue weighted by atomic mass is 10.0. The van der Waals surface area contributed by atoms with E-state index >= 15 is 0 Å². The highest BCUT2D eigenvalue weighted by molar-refractivity contribution is 7.90. The smallest absolute Gasteiger partial charge is 0.301 e. The van der Waals surface area contributed by atoms with Crippen molar-refractivity contribution in [3.8, 4) is 0 Å². The van der Waals surface area contributed by atoms with Gasteiger partial charge in [-0.25, -0.2) is 0 Å². The zero-order valence-electron chi connectivity index (χ0n) is 11.4. The number of anilines is 2. The van der Waals surface area contributed by atoms with E-state index in [-0.39, 0.29) is 0 Å². The summed E-state index contributed by atoms with van der Waals surface area (Å²) in [6.07, 6.45) is 2.01. The van der Waals surface area contributed by atoms with Gasteiger partial charge in [-0.2, -0.15) is 12.7 Å². The van der Waals surface area contributed by atoms with E-state index in [4.69, 9.17) is 5.73 Å². The van der Waals surface area contributed by atoms with Crippen molar-refractivity contribution in [2.75, 3.05) is 23.5 Å². The van der Waals surface area contributed by atoms with Crippen LogP contribution in [0.1, 0.15) is 25.3 Å². The van der Waals surface area contributed by atoms with Gasteiger partial charge >= 0.3 is 10.2 Å². The summed E-state index contributed by atoms with van der Waals surface area (Å²) in [7, 11) is -3.46. The van der Waals surface area contributed by atoms with Crippen molar-refractivity contribution in [1.29, 1.82) is 0 Å². The minimum atomic E-state index is -3.46. The highest BCUT2D eigenvalue weighted by atomic mass is 32.2. The maximum atomic E-state index is 12.3. The lowest BCUT2D eigenvalue weighted by Crippen LogP contribution is -2.42. The fourth-order valence-electron chi connectivity index (χ4n) is 2.37. The van der Waals surface area contributed by atoms with Crippen molar-refractivity contribution in [3.05, 3.63) is 23.8 Å². The number of piperidine rings is 1. The Balaban J connectivity index is 2.16. The van der Waals surface area contributed by atoms with E-state index in [1.807, 2.05) is 6.92 Å². The third kappa shape index (κ3) is 3.39. The van der Waals surface area contributed by atoms with E-state index in [2.05, 4.69) is 11.6 Å². The average Bonchev–Trinajstić information content (AvgIpc) is 2.33. The molecule has 0 amide bonds. The van der Waals surface area contributed by atoms with Gasteiger partial charge in [-0.1, -0.05) is 6.92 Å². The monoisotopic (exact) mass is 283 g/mol. The summed E-state index contributed by atoms with van der Waals surface area (Å²) in [6.45, 7) is 5.10. The van der Waals surface area contributed by atoms with E-state index in [1.165, 1.54) is 4.31 Å². The van der Waals surface area contributed by atoms with Crippen LogP contribution in [0.4, 0.5) is 11.4 Å². The molecule has 3 N–H and O–H groups in total. The SMILES string of the molecule is Cc1cc(N)ccc1NS(=O)(=O)N1CCCC(C)C1. The second kappa shape index (κ2) is 5.38. The third-order valence-electron chi connectivity index (χ3n) is 3.45. The zero-order chi connectivity index (χ0) is 14.0. The van der Waals surface area contributed by atoms with Crippen LogP contribution in [0.2, 0.25) is 0 Å². The maximum Gasteiger partial charge on any atom is 0.301 e. The Kier molecular flexibility index (Phi) is 4.01. The first-order chi connectivity index (χ1) is 8.88. The van der Waals surface area contributed by atoms with Crippen LogP contribution >= 0.6 is 0 Å². The van der Waals surface area contributed by atoms with Gasteiger partial charge in [-0.3, -0.25) is 4.72 Å². The second-order valence-corrected chi connectivity index (χ2v) is 6.96. The molecule has 1 saturated heterocycles. The van der Waals surface area contributed by atoms with Crippen molar-refractivity contribution < 1.29 is 8.42 Å². The van der Waals surface area contributed by atoms with Crippen LogP contribution in [0.3, 0.4) is 0 Å². The quantitative estimate of drug-likeness (QED) is 0.833. The molecule has 0 bridgehead atoms. The van der Waals surface area contributed by atoms with Crippen LogP contribution in [-0.4, -0.2) is 25.8 Å². The zero-order valence-corrected chi connectivity index (χ0v) is 12.2. The molecule has 106 valence electrons. The van der Waals surface area contributed by atoms with Crippen molar-refractivity contribution >= 4 is 21.6 Å². The van der Waals surface area contributed by atoms with Crippen LogP contribution < -0.4 is 10.5 Å². The van der Waals surface area contributed by atoms with Crippen LogP contribution in [-0.2, 0) is 10.2 Å². The van der Waals surface area contributed by atoms with E-state index in [0.29, 0.717) is 30.4 Å². The summed E-state index contributed by atoms with van der Waals surface area (Å²) in [5.41, 5.74) is 7.71. The molecule has 2 rings (SSSR count). The molecule has 1 aliphatic heterocycles. The standard InChI is InChI=1S/C13H21N3O2S/c1-10-4-3-7-16(9-10)19(17,18)15-13-6-5-12(14)8-11(13)2/h5-6,8,10,15H,3-4,7,9,14H2,1-2H3. The van der Waals surface area contributed by atoms with Crippen LogP contribution in [0.5, 0.6) is 0 Å². The Morgan fingerprint density at radius 2 is 2.16 bits per heavy atom. The molecule has 1 aromatic rings. The van der Waals surface area contributed by atoms with Crippen LogP contribution in [0.15, 0.2) is 18.2 Å². The predicted octanol–water partition coefficient (Wildman–Crippen LogP) is 1.97. The molecule has 19 heavy (non-hydrogen) atoms. The Morgan fingerprint density at radius 1 is 1.42 bits per heavy atom. The molecule has 1 heterocycles. The molecule has 0 aliphatic carbocycles. The third-order valence-corrected chi connectivity index (χ3v) is 4.94. The highest BCUT2D eigenvalue weighted by Crippen LogP contribution is 2.23.